The molecule has 0 radical (unpaired) electrons. The maximum atomic E-state index is 11.8. The molecule has 20 heavy (non-hydrogen) atoms. The molecule has 6 heteroatoms. The summed E-state index contributed by atoms with van der Waals surface area (Å²) in [7, 11) is 0. The summed E-state index contributed by atoms with van der Waals surface area (Å²) in [5.74, 6) is 1.13. The second-order valence-corrected chi connectivity index (χ2v) is 4.54. The van der Waals surface area contributed by atoms with Gasteiger partial charge in [-0.15, -0.1) is 0 Å². The van der Waals surface area contributed by atoms with E-state index in [0.29, 0.717) is 23.9 Å². The van der Waals surface area contributed by atoms with Crippen molar-refractivity contribution in [3.8, 4) is 5.75 Å². The minimum atomic E-state index is -0.130. The summed E-state index contributed by atoms with van der Waals surface area (Å²) in [5.41, 5.74) is 8.14. The fourth-order valence-corrected chi connectivity index (χ4v) is 1.63. The third kappa shape index (κ3) is 3.50. The number of aromatic nitrogens is 2. The summed E-state index contributed by atoms with van der Waals surface area (Å²) in [6.45, 7) is 4.11. The average molecular weight is 274 g/mol. The summed E-state index contributed by atoms with van der Waals surface area (Å²) >= 11 is 0. The van der Waals surface area contributed by atoms with Crippen molar-refractivity contribution in [3.05, 3.63) is 35.5 Å². The molecule has 0 aliphatic heterocycles. The van der Waals surface area contributed by atoms with Crippen molar-refractivity contribution in [2.24, 2.45) is 0 Å². The number of rotatable bonds is 5. The molecule has 1 heterocycles. The van der Waals surface area contributed by atoms with Crippen molar-refractivity contribution in [2.75, 3.05) is 17.7 Å². The number of nitrogens with one attached hydrogen (secondary N) is 2. The zero-order valence-corrected chi connectivity index (χ0v) is 11.6. The molecule has 0 aliphatic rings. The Kier molecular flexibility index (Phi) is 4.24. The lowest BCUT2D eigenvalue weighted by Crippen LogP contribution is -2.16. The first-order chi connectivity index (χ1) is 9.56. The third-order valence-corrected chi connectivity index (χ3v) is 2.99. The summed E-state index contributed by atoms with van der Waals surface area (Å²) in [6.07, 6.45) is 0.260. The molecule has 0 saturated heterocycles. The summed E-state index contributed by atoms with van der Waals surface area (Å²) in [4.78, 5) is 11.8. The van der Waals surface area contributed by atoms with E-state index >= 15 is 0 Å². The van der Waals surface area contributed by atoms with Crippen LogP contribution in [0.5, 0.6) is 5.75 Å². The number of nitrogens with zero attached hydrogens (tertiary/aromatic N) is 1. The smallest absolute Gasteiger partial charge is 0.229 e. The number of aromatic amines is 1. The Bertz CT molecular complexity index is 590. The zero-order chi connectivity index (χ0) is 14.5. The van der Waals surface area contributed by atoms with Gasteiger partial charge in [-0.1, -0.05) is 0 Å². The number of hydrogen-bond donors (Lipinski definition) is 3. The molecule has 0 fully saturated rings. The first kappa shape index (κ1) is 13.9. The molecule has 0 atom stereocenters. The van der Waals surface area contributed by atoms with Crippen molar-refractivity contribution in [3.63, 3.8) is 0 Å². The maximum absolute atomic E-state index is 11.8. The minimum Gasteiger partial charge on any atom is -0.493 e. The molecule has 6 nitrogen and oxygen atoms in total. The van der Waals surface area contributed by atoms with Gasteiger partial charge in [0.25, 0.3) is 0 Å². The first-order valence-electron chi connectivity index (χ1n) is 6.36. The van der Waals surface area contributed by atoms with E-state index in [1.54, 1.807) is 24.3 Å². The second-order valence-electron chi connectivity index (χ2n) is 4.54. The Morgan fingerprint density at radius 1 is 1.35 bits per heavy atom. The fourth-order valence-electron chi connectivity index (χ4n) is 1.63. The van der Waals surface area contributed by atoms with Gasteiger partial charge in [0.15, 0.2) is 5.82 Å². The monoisotopic (exact) mass is 274 g/mol. The van der Waals surface area contributed by atoms with Gasteiger partial charge in [0.2, 0.25) is 5.91 Å². The van der Waals surface area contributed by atoms with Crippen LogP contribution < -0.4 is 15.8 Å². The van der Waals surface area contributed by atoms with Crippen molar-refractivity contribution in [2.45, 2.75) is 20.3 Å². The highest BCUT2D eigenvalue weighted by atomic mass is 16.5. The number of carbonyl (C=O) groups excluding carboxylic acids is 1. The normalized spacial score (nSPS) is 10.3. The van der Waals surface area contributed by atoms with E-state index in [0.717, 1.165) is 11.3 Å². The highest BCUT2D eigenvalue weighted by Gasteiger charge is 2.09. The summed E-state index contributed by atoms with van der Waals surface area (Å²) in [6, 6.07) is 7.06. The predicted molar refractivity (Wildman–Crippen MR) is 77.7 cm³/mol. The number of ether oxygens (including phenoxy) is 1. The standard InChI is InChI=1S/C14H18N4O2/c1-9-10(2)17-18-14(9)16-13(19)7-8-20-12-5-3-11(15)4-6-12/h3-6H,7-8,15H2,1-2H3,(H2,16,17,18,19). The lowest BCUT2D eigenvalue weighted by Gasteiger charge is -2.06. The number of nitrogens with two attached hydrogens (primary N) is 1. The number of hydrogen-bond acceptors (Lipinski definition) is 4. The maximum Gasteiger partial charge on any atom is 0.229 e. The SMILES string of the molecule is Cc1[nH]nc(NC(=O)CCOc2ccc(N)cc2)c1C. The predicted octanol–water partition coefficient (Wildman–Crippen LogP) is 2.02. The number of aryl methyl sites for hydroxylation is 1. The van der Waals surface area contributed by atoms with E-state index in [9.17, 15) is 4.79 Å². The van der Waals surface area contributed by atoms with Crippen LogP contribution >= 0.6 is 0 Å². The lowest BCUT2D eigenvalue weighted by molar-refractivity contribution is -0.116. The number of carbonyl (C=O) groups is 1. The Balaban J connectivity index is 1.78. The molecule has 1 amide bonds. The molecule has 0 aliphatic carbocycles. The van der Waals surface area contributed by atoms with Gasteiger partial charge in [0.05, 0.1) is 13.0 Å². The van der Waals surface area contributed by atoms with Crippen LogP contribution in [-0.2, 0) is 4.79 Å². The number of amides is 1. The molecule has 0 saturated carbocycles. The highest BCUT2D eigenvalue weighted by molar-refractivity contribution is 5.90. The Morgan fingerprint density at radius 3 is 2.65 bits per heavy atom. The highest BCUT2D eigenvalue weighted by Crippen LogP contribution is 2.15. The molecule has 0 bridgehead atoms. The van der Waals surface area contributed by atoms with Crippen LogP contribution in [0, 0.1) is 13.8 Å². The van der Waals surface area contributed by atoms with Crippen LogP contribution in [0.25, 0.3) is 0 Å². The number of nitrogen functional groups attached to an aromatic ring is 1. The minimum absolute atomic E-state index is 0.130. The van der Waals surface area contributed by atoms with E-state index in [1.807, 2.05) is 13.8 Å². The molecular formula is C14H18N4O2. The van der Waals surface area contributed by atoms with Gasteiger partial charge in [-0.25, -0.2) is 0 Å². The van der Waals surface area contributed by atoms with Crippen LogP contribution in [0.1, 0.15) is 17.7 Å². The van der Waals surface area contributed by atoms with Gasteiger partial charge in [0.1, 0.15) is 5.75 Å². The van der Waals surface area contributed by atoms with E-state index < -0.39 is 0 Å². The molecule has 1 aromatic carbocycles. The molecule has 4 N–H and O–H groups in total. The summed E-state index contributed by atoms with van der Waals surface area (Å²) in [5, 5.41) is 9.59. The van der Waals surface area contributed by atoms with Crippen LogP contribution in [0.3, 0.4) is 0 Å². The second kappa shape index (κ2) is 6.10. The van der Waals surface area contributed by atoms with Crippen LogP contribution in [0.4, 0.5) is 11.5 Å². The van der Waals surface area contributed by atoms with Crippen molar-refractivity contribution < 1.29 is 9.53 Å². The van der Waals surface area contributed by atoms with Crippen LogP contribution in [-0.4, -0.2) is 22.7 Å². The Morgan fingerprint density at radius 2 is 2.05 bits per heavy atom. The van der Waals surface area contributed by atoms with Crippen molar-refractivity contribution >= 4 is 17.4 Å². The number of H-pyrrole nitrogens is 1. The zero-order valence-electron chi connectivity index (χ0n) is 11.6. The first-order valence-corrected chi connectivity index (χ1v) is 6.36. The largest absolute Gasteiger partial charge is 0.493 e. The average Bonchev–Trinajstić information content (AvgIpc) is 2.73. The van der Waals surface area contributed by atoms with E-state index in [2.05, 4.69) is 15.5 Å². The van der Waals surface area contributed by atoms with Crippen molar-refractivity contribution in [1.82, 2.24) is 10.2 Å². The van der Waals surface area contributed by atoms with Gasteiger partial charge in [-0.3, -0.25) is 9.89 Å². The van der Waals surface area contributed by atoms with Crippen LogP contribution in [0.15, 0.2) is 24.3 Å². The molecule has 1 aromatic heterocycles. The molecule has 0 spiro atoms. The molecule has 2 aromatic rings. The Hall–Kier alpha value is -2.50. The van der Waals surface area contributed by atoms with Gasteiger partial charge in [0, 0.05) is 16.9 Å². The van der Waals surface area contributed by atoms with E-state index in [-0.39, 0.29) is 12.3 Å². The summed E-state index contributed by atoms with van der Waals surface area (Å²) < 4.78 is 5.46. The molecule has 2 rings (SSSR count). The number of anilines is 2. The molecular weight excluding hydrogens is 256 g/mol. The third-order valence-electron chi connectivity index (χ3n) is 2.99. The van der Waals surface area contributed by atoms with Gasteiger partial charge in [-0.05, 0) is 38.1 Å². The fraction of sp³-hybridized carbons (Fsp3) is 0.286. The molecule has 106 valence electrons. The van der Waals surface area contributed by atoms with E-state index in [4.69, 9.17) is 10.5 Å². The number of benzene rings is 1. The van der Waals surface area contributed by atoms with Gasteiger partial charge < -0.3 is 15.8 Å². The Labute approximate surface area is 117 Å². The van der Waals surface area contributed by atoms with Gasteiger partial charge >= 0.3 is 0 Å². The van der Waals surface area contributed by atoms with Crippen molar-refractivity contribution in [1.29, 1.82) is 0 Å². The lowest BCUT2D eigenvalue weighted by atomic mass is 10.3. The molecule has 0 unspecified atom stereocenters. The quantitative estimate of drug-likeness (QED) is 0.727. The van der Waals surface area contributed by atoms with Crippen LogP contribution in [0.2, 0.25) is 0 Å². The van der Waals surface area contributed by atoms with Gasteiger partial charge in [-0.2, -0.15) is 5.10 Å². The topological polar surface area (TPSA) is 93.0 Å². The van der Waals surface area contributed by atoms with E-state index in [1.165, 1.54) is 0 Å².